The highest BCUT2D eigenvalue weighted by atomic mass is 35.5. The Labute approximate surface area is 213 Å². The molecule has 0 spiro atoms. The smallest absolute Gasteiger partial charge is 0.439 e. The van der Waals surface area contributed by atoms with Crippen LogP contribution in [0, 0.1) is 0 Å². The van der Waals surface area contributed by atoms with E-state index in [2.05, 4.69) is 20.0 Å². The third-order valence-corrected chi connectivity index (χ3v) is 7.25. The Morgan fingerprint density at radius 3 is 2.53 bits per heavy atom. The predicted octanol–water partition coefficient (Wildman–Crippen LogP) is 6.38. The summed E-state index contributed by atoms with van der Waals surface area (Å²) >= 11 is 7.32. The Bertz CT molecular complexity index is 1440. The summed E-state index contributed by atoms with van der Waals surface area (Å²) in [6.45, 7) is 0. The molecule has 2 aromatic carbocycles. The number of rotatable bonds is 6. The molecule has 2 heterocycles. The Hall–Kier alpha value is -3.50. The van der Waals surface area contributed by atoms with Crippen molar-refractivity contribution in [1.29, 1.82) is 0 Å². The maximum absolute atomic E-state index is 14.0. The number of aromatic nitrogens is 2. The van der Waals surface area contributed by atoms with E-state index in [0.717, 1.165) is 11.1 Å². The Morgan fingerprint density at radius 1 is 1.08 bits per heavy atom. The summed E-state index contributed by atoms with van der Waals surface area (Å²) in [7, 11) is 0. The van der Waals surface area contributed by atoms with Crippen molar-refractivity contribution in [1.82, 2.24) is 10.1 Å². The zero-order valence-corrected chi connectivity index (χ0v) is 20.3. The van der Waals surface area contributed by atoms with Gasteiger partial charge in [0.05, 0.1) is 4.88 Å². The van der Waals surface area contributed by atoms with Crippen molar-refractivity contribution >= 4 is 34.5 Å². The molecule has 11 heteroatoms. The fourth-order valence-corrected chi connectivity index (χ4v) is 5.07. The molecule has 0 unspecified atom stereocenters. The van der Waals surface area contributed by atoms with E-state index in [1.54, 1.807) is 42.5 Å². The van der Waals surface area contributed by atoms with Crippen LogP contribution in [-0.2, 0) is 4.79 Å². The largest absolute Gasteiger partial charge is 0.477 e. The van der Waals surface area contributed by atoms with Gasteiger partial charge in [-0.15, -0.1) is 11.3 Å². The minimum atomic E-state index is -2.84. The monoisotopic (exact) mass is 531 g/mol. The van der Waals surface area contributed by atoms with Crippen molar-refractivity contribution in [2.45, 2.75) is 37.2 Å². The number of hydrogen-bond donors (Lipinski definition) is 2. The van der Waals surface area contributed by atoms with E-state index >= 15 is 0 Å². The topological polar surface area (TPSA) is 97.2 Å². The molecule has 1 aliphatic rings. The van der Waals surface area contributed by atoms with Gasteiger partial charge >= 0.3 is 5.76 Å². The van der Waals surface area contributed by atoms with Crippen LogP contribution in [0.1, 0.15) is 25.7 Å². The number of nitrogens with one attached hydrogen (secondary N) is 2. The molecular weight excluding hydrogens is 512 g/mol. The summed E-state index contributed by atoms with van der Waals surface area (Å²) in [6.07, 6.45) is -1.15. The molecule has 1 fully saturated rings. The fraction of sp³-hybridized carbons (Fsp3) is 0.240. The molecule has 5 rings (SSSR count). The number of alkyl halides is 2. The number of thiophene rings is 1. The highest BCUT2D eigenvalue weighted by Crippen LogP contribution is 2.42. The summed E-state index contributed by atoms with van der Waals surface area (Å²) in [4.78, 5) is 27.9. The van der Waals surface area contributed by atoms with Gasteiger partial charge in [0.2, 0.25) is 5.92 Å². The molecule has 2 N–H and O–H groups in total. The van der Waals surface area contributed by atoms with Crippen LogP contribution >= 0.6 is 22.9 Å². The maximum atomic E-state index is 14.0. The lowest BCUT2D eigenvalue weighted by Gasteiger charge is -2.38. The lowest BCUT2D eigenvalue weighted by molar-refractivity contribution is -0.143. The summed E-state index contributed by atoms with van der Waals surface area (Å²) in [5.41, 5.74) is 0.708. The molecule has 1 amide bonds. The van der Waals surface area contributed by atoms with Crippen LogP contribution in [0.25, 0.3) is 21.8 Å². The van der Waals surface area contributed by atoms with Gasteiger partial charge in [-0.25, -0.2) is 13.6 Å². The highest BCUT2D eigenvalue weighted by Gasteiger charge is 2.50. The number of amides is 1. The Kier molecular flexibility index (Phi) is 6.40. The molecular formula is C25H20ClF2N3O4S. The van der Waals surface area contributed by atoms with Crippen LogP contribution in [0.3, 0.4) is 0 Å². The van der Waals surface area contributed by atoms with Crippen LogP contribution in [0.4, 0.5) is 14.5 Å². The highest BCUT2D eigenvalue weighted by molar-refractivity contribution is 7.13. The summed E-state index contributed by atoms with van der Waals surface area (Å²) in [5, 5.41) is 8.94. The van der Waals surface area contributed by atoms with Crippen LogP contribution in [-0.4, -0.2) is 27.6 Å². The van der Waals surface area contributed by atoms with E-state index in [-0.39, 0.29) is 12.8 Å². The summed E-state index contributed by atoms with van der Waals surface area (Å²) in [6, 6.07) is 15.5. The van der Waals surface area contributed by atoms with E-state index in [1.165, 1.54) is 11.3 Å². The van der Waals surface area contributed by atoms with Gasteiger partial charge in [-0.2, -0.15) is 0 Å². The van der Waals surface area contributed by atoms with E-state index in [4.69, 9.17) is 16.3 Å². The number of benzene rings is 2. The molecule has 7 nitrogen and oxygen atoms in total. The zero-order valence-electron chi connectivity index (χ0n) is 18.7. The third-order valence-electron chi connectivity index (χ3n) is 6.06. The van der Waals surface area contributed by atoms with E-state index in [1.807, 2.05) is 17.5 Å². The lowest BCUT2D eigenvalue weighted by atomic mass is 9.81. The van der Waals surface area contributed by atoms with Crippen LogP contribution in [0.5, 0.6) is 5.75 Å². The third kappa shape index (κ3) is 5.19. The molecule has 4 aromatic rings. The molecule has 0 saturated heterocycles. The van der Waals surface area contributed by atoms with E-state index in [0.29, 0.717) is 27.2 Å². The first-order chi connectivity index (χ1) is 17.2. The average molecular weight is 532 g/mol. The average Bonchev–Trinajstić information content (AvgIpc) is 3.52. The molecule has 0 bridgehead atoms. The Balaban J connectivity index is 1.38. The van der Waals surface area contributed by atoms with Crippen LogP contribution in [0.2, 0.25) is 5.02 Å². The van der Waals surface area contributed by atoms with Gasteiger partial charge in [0.15, 0.2) is 11.4 Å². The van der Waals surface area contributed by atoms with Crippen molar-refractivity contribution in [3.05, 3.63) is 75.6 Å². The number of aromatic amines is 1. The van der Waals surface area contributed by atoms with Crippen molar-refractivity contribution in [2.24, 2.45) is 0 Å². The lowest BCUT2D eigenvalue weighted by Crippen LogP contribution is -2.52. The van der Waals surface area contributed by atoms with Crippen molar-refractivity contribution in [2.75, 3.05) is 5.32 Å². The standard InChI is InChI=1S/C25H20ClF2N3O4S/c26-17-4-6-19(7-5-17)34-24(8-10-25(27,28)11-9-24)22(32)29-18-3-1-2-15(12-18)16-13-20(36-14-16)21-30-23(33)35-31-21/h1-7,12-14H,8-11H2,(H,29,32)(H,30,31,33). The molecule has 1 saturated carbocycles. The molecule has 1 aliphatic carbocycles. The number of carbonyl (C=O) groups excluding carboxylic acids is 1. The number of halogens is 3. The molecule has 0 radical (unpaired) electrons. The Morgan fingerprint density at radius 2 is 1.83 bits per heavy atom. The van der Waals surface area contributed by atoms with Crippen LogP contribution in [0.15, 0.2) is 69.3 Å². The number of ether oxygens (including phenoxy) is 1. The minimum absolute atomic E-state index is 0.127. The first-order valence-corrected chi connectivity index (χ1v) is 12.4. The van der Waals surface area contributed by atoms with E-state index in [9.17, 15) is 18.4 Å². The zero-order chi connectivity index (χ0) is 25.3. The minimum Gasteiger partial charge on any atom is -0.477 e. The van der Waals surface area contributed by atoms with Gasteiger partial charge in [0, 0.05) is 36.4 Å². The van der Waals surface area contributed by atoms with Crippen molar-refractivity contribution < 1.29 is 22.8 Å². The normalized spacial score (nSPS) is 16.4. The van der Waals surface area contributed by atoms with Gasteiger partial charge in [-0.3, -0.25) is 14.3 Å². The molecule has 2 aromatic heterocycles. The first-order valence-electron chi connectivity index (χ1n) is 11.1. The van der Waals surface area contributed by atoms with Gasteiger partial charge in [0.25, 0.3) is 5.91 Å². The van der Waals surface area contributed by atoms with Crippen molar-refractivity contribution in [3.8, 4) is 27.6 Å². The van der Waals surface area contributed by atoms with Crippen LogP contribution < -0.4 is 15.8 Å². The summed E-state index contributed by atoms with van der Waals surface area (Å²) in [5.74, 6) is -3.25. The SMILES string of the molecule is O=C(Nc1cccc(-c2csc(-c3noc(=O)[nH]3)c2)c1)C1(Oc2ccc(Cl)cc2)CCC(F)(F)CC1. The maximum Gasteiger partial charge on any atom is 0.439 e. The second kappa shape index (κ2) is 9.51. The number of hydrogen-bond acceptors (Lipinski definition) is 6. The number of carbonyl (C=O) groups is 1. The van der Waals surface area contributed by atoms with E-state index < -0.39 is 36.0 Å². The van der Waals surface area contributed by atoms with Gasteiger partial charge in [0.1, 0.15) is 5.75 Å². The quantitative estimate of drug-likeness (QED) is 0.301. The van der Waals surface area contributed by atoms with Gasteiger partial charge in [-0.05, 0) is 59.0 Å². The van der Waals surface area contributed by atoms with Gasteiger partial charge in [-0.1, -0.05) is 28.9 Å². The van der Waals surface area contributed by atoms with Gasteiger partial charge < -0.3 is 10.1 Å². The number of anilines is 1. The molecule has 0 atom stereocenters. The second-order valence-corrected chi connectivity index (χ2v) is 9.93. The number of H-pyrrole nitrogens is 1. The fourth-order valence-electron chi connectivity index (χ4n) is 4.09. The first kappa shape index (κ1) is 24.2. The second-order valence-electron chi connectivity index (χ2n) is 8.58. The van der Waals surface area contributed by atoms with Crippen molar-refractivity contribution in [3.63, 3.8) is 0 Å². The molecule has 0 aliphatic heterocycles. The number of nitrogens with zero attached hydrogens (tertiary/aromatic N) is 1. The molecule has 186 valence electrons. The summed E-state index contributed by atoms with van der Waals surface area (Å²) < 4.78 is 38.5. The molecule has 36 heavy (non-hydrogen) atoms. The predicted molar refractivity (Wildman–Crippen MR) is 133 cm³/mol.